The maximum atomic E-state index is 2.93. The van der Waals surface area contributed by atoms with Crippen LogP contribution in [-0.4, -0.2) is 12.8 Å². The van der Waals surface area contributed by atoms with E-state index < -0.39 is 0 Å². The Kier molecular flexibility index (Phi) is 11.2. The highest BCUT2D eigenvalue weighted by atomic mass is 32.1. The summed E-state index contributed by atoms with van der Waals surface area (Å²) in [5, 5.41) is 1.34. The summed E-state index contributed by atoms with van der Waals surface area (Å²) in [7, 11) is 0. The molecule has 2 saturated carbocycles. The fourth-order valence-electron chi connectivity index (χ4n) is 13.8. The second-order valence-electron chi connectivity index (χ2n) is 28.9. The van der Waals surface area contributed by atoms with Crippen molar-refractivity contribution in [3.63, 3.8) is 0 Å². The Hall–Kier alpha value is -5.26. The number of anilines is 8. The molecule has 3 unspecified atom stereocenters. The zero-order valence-corrected chi connectivity index (χ0v) is 48.5. The number of fused-ring (bicyclic) bond motifs is 8. The Morgan fingerprint density at radius 2 is 1.00 bits per heavy atom. The lowest BCUT2D eigenvalue weighted by Crippen LogP contribution is -2.64. The molecule has 0 radical (unpaired) electrons. The third-order valence-electron chi connectivity index (χ3n) is 18.1. The van der Waals surface area contributed by atoms with E-state index in [1.807, 2.05) is 11.3 Å². The fraction of sp³-hybridized carbons (Fsp3) is 0.441. The minimum Gasteiger partial charge on any atom is -0.338 e. The second kappa shape index (κ2) is 16.4. The molecule has 11 rings (SSSR count). The van der Waals surface area contributed by atoms with E-state index >= 15 is 0 Å². The van der Waals surface area contributed by atoms with E-state index in [-0.39, 0.29) is 44.6 Å². The summed E-state index contributed by atoms with van der Waals surface area (Å²) >= 11 is 2.03. The Balaban J connectivity index is 1.29. The van der Waals surface area contributed by atoms with Crippen molar-refractivity contribution in [3.8, 4) is 0 Å². The number of hydrogen-bond acceptors (Lipinski definition) is 4. The van der Waals surface area contributed by atoms with Crippen molar-refractivity contribution in [1.29, 1.82) is 0 Å². The lowest BCUT2D eigenvalue weighted by Gasteiger charge is -2.54. The Bertz CT molecular complexity index is 3220. The number of thiophene rings is 1. The smallest absolute Gasteiger partial charge is 0.264 e. The monoisotopic (exact) mass is 984 g/mol. The molecule has 2 aliphatic carbocycles. The molecule has 0 saturated heterocycles. The van der Waals surface area contributed by atoms with Gasteiger partial charge in [-0.15, -0.1) is 11.3 Å². The Morgan fingerprint density at radius 3 is 1.51 bits per heavy atom. The maximum absolute atomic E-state index is 2.93. The number of nitrogens with zero attached hydrogens (tertiary/aromatic N) is 3. The van der Waals surface area contributed by atoms with Crippen molar-refractivity contribution in [1.82, 2.24) is 0 Å². The van der Waals surface area contributed by atoms with E-state index in [1.54, 1.807) is 0 Å². The van der Waals surface area contributed by atoms with Crippen molar-refractivity contribution in [3.05, 3.63) is 149 Å². The van der Waals surface area contributed by atoms with Gasteiger partial charge in [-0.2, -0.15) is 0 Å². The third kappa shape index (κ3) is 8.11. The van der Waals surface area contributed by atoms with Crippen LogP contribution in [0.25, 0.3) is 10.1 Å². The molecule has 73 heavy (non-hydrogen) atoms. The van der Waals surface area contributed by atoms with Gasteiger partial charge in [0, 0.05) is 55.0 Å². The molecular formula is C68H82BN3S. The minimum absolute atomic E-state index is 0.0101. The van der Waals surface area contributed by atoms with E-state index in [9.17, 15) is 0 Å². The largest absolute Gasteiger partial charge is 0.338 e. The summed E-state index contributed by atoms with van der Waals surface area (Å²) in [5.41, 5.74) is 20.1. The third-order valence-corrected chi connectivity index (χ3v) is 19.3. The first-order valence-electron chi connectivity index (χ1n) is 27.6. The summed E-state index contributed by atoms with van der Waals surface area (Å²) < 4.78 is 2.79. The van der Waals surface area contributed by atoms with E-state index in [0.717, 1.165) is 0 Å². The fourth-order valence-corrected chi connectivity index (χ4v) is 15.1. The van der Waals surface area contributed by atoms with Gasteiger partial charge in [-0.1, -0.05) is 179 Å². The molecule has 0 spiro atoms. The molecule has 3 nitrogen and oxygen atoms in total. The highest BCUT2D eigenvalue weighted by Crippen LogP contribution is 2.66. The van der Waals surface area contributed by atoms with Crippen LogP contribution in [0.1, 0.15) is 172 Å². The summed E-state index contributed by atoms with van der Waals surface area (Å²) in [6, 6.07) is 49.1. The van der Waals surface area contributed by atoms with Crippen LogP contribution in [0.5, 0.6) is 0 Å². The molecule has 0 amide bonds. The van der Waals surface area contributed by atoms with Gasteiger partial charge >= 0.3 is 0 Å². The van der Waals surface area contributed by atoms with Crippen molar-refractivity contribution < 1.29 is 0 Å². The molecule has 4 aliphatic rings. The zero-order chi connectivity index (χ0) is 52.3. The van der Waals surface area contributed by atoms with Crippen molar-refractivity contribution in [2.45, 2.75) is 177 Å². The van der Waals surface area contributed by atoms with Gasteiger partial charge in [0.25, 0.3) is 6.71 Å². The van der Waals surface area contributed by atoms with E-state index in [4.69, 9.17) is 0 Å². The van der Waals surface area contributed by atoms with Gasteiger partial charge in [-0.3, -0.25) is 0 Å². The second-order valence-corrected chi connectivity index (χ2v) is 30.0. The molecule has 378 valence electrons. The Labute approximate surface area is 444 Å². The number of benzene rings is 6. The molecule has 3 atom stereocenters. The molecule has 1 aromatic heterocycles. The van der Waals surface area contributed by atoms with Gasteiger partial charge in [0.1, 0.15) is 0 Å². The van der Waals surface area contributed by atoms with Gasteiger partial charge in [0.15, 0.2) is 0 Å². The lowest BCUT2D eigenvalue weighted by atomic mass is 9.35. The van der Waals surface area contributed by atoms with Gasteiger partial charge in [0.2, 0.25) is 0 Å². The van der Waals surface area contributed by atoms with Crippen LogP contribution in [0.4, 0.5) is 45.5 Å². The summed E-state index contributed by atoms with van der Waals surface area (Å²) in [6.45, 7) is 43.1. The first kappa shape index (κ1) is 49.9. The van der Waals surface area contributed by atoms with Crippen LogP contribution in [0.2, 0.25) is 0 Å². The normalized spacial score (nSPS) is 20.4. The van der Waals surface area contributed by atoms with Crippen molar-refractivity contribution in [2.75, 3.05) is 14.7 Å². The quantitative estimate of drug-likeness (QED) is 0.159. The summed E-state index contributed by atoms with van der Waals surface area (Å²) in [6.07, 6.45) is 3.85. The zero-order valence-electron chi connectivity index (χ0n) is 47.7. The van der Waals surface area contributed by atoms with E-state index in [2.05, 4.69) is 261 Å². The average molecular weight is 984 g/mol. The van der Waals surface area contributed by atoms with Crippen LogP contribution < -0.4 is 30.4 Å². The molecule has 6 aromatic carbocycles. The van der Waals surface area contributed by atoms with Gasteiger partial charge in [-0.25, -0.2) is 0 Å². The molecule has 2 fully saturated rings. The molecule has 3 heterocycles. The van der Waals surface area contributed by atoms with Crippen LogP contribution in [0.3, 0.4) is 0 Å². The average Bonchev–Trinajstić information content (AvgIpc) is 3.95. The highest BCUT2D eigenvalue weighted by molar-refractivity contribution is 7.33. The topological polar surface area (TPSA) is 9.72 Å². The minimum atomic E-state index is -0.0177. The molecule has 0 N–H and O–H groups in total. The van der Waals surface area contributed by atoms with Gasteiger partial charge in [0.05, 0.1) is 11.4 Å². The number of hydrogen-bond donors (Lipinski definition) is 0. The standard InChI is InChI=1S/C68H82BN3S/c1-62(2,3)42-19-27-48(28-20-42)70(49-29-21-43(22-30-49)63(4,5)6)51-39-55-58-56(40-51)72(61-67(16,17)47-35-36-68(61,18)41-47)54-33-25-46(66(13,14)15)38-53(54)69(58)60-59(52-37-45(65(10,11)12)26-34-57(52)73-60)71(55)50-31-23-44(24-32-50)64(7,8)9/h19-34,37-40,47,61H,35-36,41H2,1-18H3. The molecule has 7 aromatic rings. The van der Waals surface area contributed by atoms with Gasteiger partial charge in [-0.05, 0) is 169 Å². The van der Waals surface area contributed by atoms with Crippen LogP contribution in [0, 0.1) is 16.7 Å². The SMILES string of the molecule is CC(C)(C)c1ccc(N(c2ccc(C(C)(C)C)cc2)c2cc3c4c(c2)N(C2C5(C)CCC(C5)C2(C)C)c2ccc(C(C)(C)C)cc2B4c2sc4ccc(C(C)(C)C)cc4c2N3c2ccc(C(C)(C)C)cc2)cc1. The van der Waals surface area contributed by atoms with Gasteiger partial charge < -0.3 is 14.7 Å². The van der Waals surface area contributed by atoms with Crippen molar-refractivity contribution in [2.24, 2.45) is 16.7 Å². The summed E-state index contributed by atoms with van der Waals surface area (Å²) in [4.78, 5) is 8.20. The highest BCUT2D eigenvalue weighted by Gasteiger charge is 2.63. The predicted octanol–water partition coefficient (Wildman–Crippen LogP) is 17.8. The lowest BCUT2D eigenvalue weighted by molar-refractivity contribution is 0.140. The summed E-state index contributed by atoms with van der Waals surface area (Å²) in [5.74, 6) is 0.680. The van der Waals surface area contributed by atoms with E-state index in [0.29, 0.717) is 12.0 Å². The first-order valence-corrected chi connectivity index (χ1v) is 28.4. The van der Waals surface area contributed by atoms with Crippen LogP contribution in [-0.2, 0) is 27.1 Å². The maximum Gasteiger partial charge on any atom is 0.264 e. The molecule has 5 heteroatoms. The predicted molar refractivity (Wildman–Crippen MR) is 321 cm³/mol. The van der Waals surface area contributed by atoms with Crippen LogP contribution >= 0.6 is 11.3 Å². The van der Waals surface area contributed by atoms with Crippen LogP contribution in [0.15, 0.2) is 121 Å². The first-order chi connectivity index (χ1) is 33.9. The van der Waals surface area contributed by atoms with E-state index in [1.165, 1.54) is 118 Å². The molecule has 2 bridgehead atoms. The molecular weight excluding hydrogens is 902 g/mol. The Morgan fingerprint density at radius 1 is 0.521 bits per heavy atom. The number of rotatable bonds is 5. The van der Waals surface area contributed by atoms with Crippen molar-refractivity contribution >= 4 is 89.3 Å². The molecule has 2 aliphatic heterocycles.